The second kappa shape index (κ2) is 10.5. The molecule has 0 aromatic heterocycles. The van der Waals surface area contributed by atoms with E-state index in [-0.39, 0.29) is 17.6 Å². The predicted octanol–water partition coefficient (Wildman–Crippen LogP) is 7.10. The Morgan fingerprint density at radius 1 is 0.742 bits per heavy atom. The van der Waals surface area contributed by atoms with E-state index in [0.29, 0.717) is 0 Å². The van der Waals surface area contributed by atoms with Crippen molar-refractivity contribution in [1.82, 2.24) is 4.90 Å². The summed E-state index contributed by atoms with van der Waals surface area (Å²) in [6.45, 7) is 3.21. The Bertz CT molecular complexity index is 922. The number of likely N-dealkylation sites (tertiary alicyclic amines) is 1. The molecule has 0 bridgehead atoms. The van der Waals surface area contributed by atoms with Crippen LogP contribution in [-0.2, 0) is 6.54 Å². The van der Waals surface area contributed by atoms with Crippen LogP contribution >= 0.6 is 0 Å². The number of hydrogen-bond donors (Lipinski definition) is 0. The van der Waals surface area contributed by atoms with E-state index < -0.39 is 0 Å². The molecule has 1 fully saturated rings. The Hall–Kier alpha value is -2.78. The van der Waals surface area contributed by atoms with Gasteiger partial charge in [-0.25, -0.2) is 8.78 Å². The summed E-state index contributed by atoms with van der Waals surface area (Å²) < 4.78 is 26.8. The monoisotopic (exact) mass is 417 g/mol. The molecule has 0 atom stereocenters. The molecule has 0 spiro atoms. The van der Waals surface area contributed by atoms with E-state index >= 15 is 0 Å². The fourth-order valence-electron chi connectivity index (χ4n) is 4.41. The molecule has 4 rings (SSSR count). The smallest absolute Gasteiger partial charge is 0.123 e. The predicted molar refractivity (Wildman–Crippen MR) is 123 cm³/mol. The number of halogens is 2. The highest BCUT2D eigenvalue weighted by Gasteiger charge is 2.16. The number of nitrogens with zero attached hydrogens (tertiary/aromatic N) is 1. The van der Waals surface area contributed by atoms with Gasteiger partial charge in [0.2, 0.25) is 0 Å². The quantitative estimate of drug-likeness (QED) is 0.371. The Kier molecular flexibility index (Phi) is 7.26. The van der Waals surface area contributed by atoms with Gasteiger partial charge in [-0.15, -0.1) is 0 Å². The Labute approximate surface area is 184 Å². The van der Waals surface area contributed by atoms with Gasteiger partial charge in [-0.05, 0) is 66.6 Å². The lowest BCUT2D eigenvalue weighted by Crippen LogP contribution is -2.30. The molecule has 3 aromatic carbocycles. The Morgan fingerprint density at radius 3 is 1.84 bits per heavy atom. The topological polar surface area (TPSA) is 3.24 Å². The highest BCUT2D eigenvalue weighted by molar-refractivity contribution is 5.33. The van der Waals surface area contributed by atoms with Crippen molar-refractivity contribution in [2.75, 3.05) is 13.1 Å². The fraction of sp³-hybridized carbons (Fsp3) is 0.286. The van der Waals surface area contributed by atoms with E-state index in [2.05, 4.69) is 41.3 Å². The first-order valence-corrected chi connectivity index (χ1v) is 11.1. The molecule has 0 unspecified atom stereocenters. The summed E-state index contributed by atoms with van der Waals surface area (Å²) >= 11 is 0. The van der Waals surface area contributed by atoms with Crippen LogP contribution in [0.15, 0.2) is 90.5 Å². The maximum absolute atomic E-state index is 13.4. The van der Waals surface area contributed by atoms with Gasteiger partial charge in [0.1, 0.15) is 11.6 Å². The summed E-state index contributed by atoms with van der Waals surface area (Å²) in [4.78, 5) is 2.52. The molecular formula is C28H29F2N. The molecule has 1 aliphatic heterocycles. The van der Waals surface area contributed by atoms with Gasteiger partial charge in [-0.3, -0.25) is 4.90 Å². The van der Waals surface area contributed by atoms with Gasteiger partial charge >= 0.3 is 0 Å². The van der Waals surface area contributed by atoms with Gasteiger partial charge in [-0.2, -0.15) is 0 Å². The highest BCUT2D eigenvalue weighted by atomic mass is 19.1. The molecular weight excluding hydrogens is 388 g/mol. The van der Waals surface area contributed by atoms with Crippen LogP contribution in [0.3, 0.4) is 0 Å². The molecule has 0 aliphatic carbocycles. The number of benzene rings is 3. The summed E-state index contributed by atoms with van der Waals surface area (Å²) in [6.07, 6.45) is 6.51. The summed E-state index contributed by atoms with van der Waals surface area (Å²) in [5.41, 5.74) is 5.05. The first-order valence-electron chi connectivity index (χ1n) is 11.1. The molecule has 0 N–H and O–H groups in total. The second-order valence-electron chi connectivity index (χ2n) is 8.36. The normalized spacial score (nSPS) is 14.7. The third kappa shape index (κ3) is 6.11. The van der Waals surface area contributed by atoms with Crippen LogP contribution < -0.4 is 0 Å². The van der Waals surface area contributed by atoms with Crippen molar-refractivity contribution < 1.29 is 8.78 Å². The van der Waals surface area contributed by atoms with Crippen LogP contribution in [0, 0.1) is 11.6 Å². The van der Waals surface area contributed by atoms with E-state index in [0.717, 1.165) is 56.4 Å². The minimum atomic E-state index is -0.231. The Balaban J connectivity index is 1.36. The standard InChI is InChI=1S/C28H29F2N/c29-26-13-9-24(10-14-26)28(25-11-15-27(30)16-12-25)8-4-7-22-17-19-31(20-18-22)21-23-5-2-1-3-6-23/h1-3,5-7,9-16,28H,4,8,17-21H2. The lowest BCUT2D eigenvalue weighted by Gasteiger charge is -2.28. The lowest BCUT2D eigenvalue weighted by atomic mass is 9.87. The van der Waals surface area contributed by atoms with E-state index in [4.69, 9.17) is 0 Å². The van der Waals surface area contributed by atoms with Crippen LogP contribution in [0.4, 0.5) is 8.78 Å². The molecule has 0 amide bonds. The van der Waals surface area contributed by atoms with Gasteiger partial charge in [0.15, 0.2) is 0 Å². The first kappa shape index (κ1) is 21.5. The molecule has 1 heterocycles. The van der Waals surface area contributed by atoms with E-state index in [1.54, 1.807) is 0 Å². The number of hydrogen-bond acceptors (Lipinski definition) is 1. The minimum absolute atomic E-state index is 0.135. The molecule has 3 heteroatoms. The summed E-state index contributed by atoms with van der Waals surface area (Å²) in [5, 5.41) is 0. The molecule has 3 aromatic rings. The number of allylic oxidation sites excluding steroid dienone is 1. The van der Waals surface area contributed by atoms with Gasteiger partial charge < -0.3 is 0 Å². The third-order valence-electron chi connectivity index (χ3n) is 6.18. The van der Waals surface area contributed by atoms with E-state index in [1.807, 2.05) is 24.3 Å². The largest absolute Gasteiger partial charge is 0.298 e. The maximum atomic E-state index is 13.4. The van der Waals surface area contributed by atoms with Crippen molar-refractivity contribution in [2.45, 2.75) is 38.1 Å². The molecule has 31 heavy (non-hydrogen) atoms. The second-order valence-corrected chi connectivity index (χ2v) is 8.36. The summed E-state index contributed by atoms with van der Waals surface area (Å²) in [6, 6.07) is 24.1. The van der Waals surface area contributed by atoms with Gasteiger partial charge in [0, 0.05) is 25.6 Å². The van der Waals surface area contributed by atoms with Crippen LogP contribution in [0.2, 0.25) is 0 Å². The molecule has 1 nitrogen and oxygen atoms in total. The van der Waals surface area contributed by atoms with Crippen molar-refractivity contribution >= 4 is 0 Å². The van der Waals surface area contributed by atoms with Crippen molar-refractivity contribution in [3.05, 3.63) is 119 Å². The third-order valence-corrected chi connectivity index (χ3v) is 6.18. The van der Waals surface area contributed by atoms with E-state index in [9.17, 15) is 8.78 Å². The first-order chi connectivity index (χ1) is 15.2. The van der Waals surface area contributed by atoms with Gasteiger partial charge in [-0.1, -0.05) is 66.2 Å². The zero-order chi connectivity index (χ0) is 21.5. The lowest BCUT2D eigenvalue weighted by molar-refractivity contribution is 0.248. The van der Waals surface area contributed by atoms with Crippen molar-refractivity contribution in [1.29, 1.82) is 0 Å². The maximum Gasteiger partial charge on any atom is 0.123 e. The van der Waals surface area contributed by atoms with Crippen molar-refractivity contribution in [3.63, 3.8) is 0 Å². The number of piperidine rings is 1. The molecule has 0 radical (unpaired) electrons. The van der Waals surface area contributed by atoms with Crippen molar-refractivity contribution in [2.24, 2.45) is 0 Å². The summed E-state index contributed by atoms with van der Waals surface area (Å²) in [5.74, 6) is -0.326. The minimum Gasteiger partial charge on any atom is -0.298 e. The zero-order valence-electron chi connectivity index (χ0n) is 17.8. The van der Waals surface area contributed by atoms with E-state index in [1.165, 1.54) is 35.4 Å². The molecule has 0 saturated carbocycles. The van der Waals surface area contributed by atoms with Crippen LogP contribution in [0.5, 0.6) is 0 Å². The Morgan fingerprint density at radius 2 is 1.29 bits per heavy atom. The highest BCUT2D eigenvalue weighted by Crippen LogP contribution is 2.30. The van der Waals surface area contributed by atoms with Gasteiger partial charge in [0.25, 0.3) is 0 Å². The van der Waals surface area contributed by atoms with Crippen LogP contribution in [0.1, 0.15) is 48.3 Å². The number of rotatable bonds is 7. The average Bonchev–Trinajstić information content (AvgIpc) is 2.80. The molecule has 1 saturated heterocycles. The van der Waals surface area contributed by atoms with Gasteiger partial charge in [0.05, 0.1) is 0 Å². The zero-order valence-corrected chi connectivity index (χ0v) is 17.8. The van der Waals surface area contributed by atoms with Crippen LogP contribution in [-0.4, -0.2) is 18.0 Å². The van der Waals surface area contributed by atoms with Crippen molar-refractivity contribution in [3.8, 4) is 0 Å². The SMILES string of the molecule is Fc1ccc(C(CCC=C2CCN(Cc3ccccc3)CC2)c2ccc(F)cc2)cc1. The summed E-state index contributed by atoms with van der Waals surface area (Å²) in [7, 11) is 0. The average molecular weight is 418 g/mol. The molecule has 1 aliphatic rings. The fourth-order valence-corrected chi connectivity index (χ4v) is 4.41. The molecule has 160 valence electrons. The van der Waals surface area contributed by atoms with Crippen LogP contribution in [0.25, 0.3) is 0 Å².